The average molecular weight is 497 g/mol. The van der Waals surface area contributed by atoms with E-state index in [0.717, 1.165) is 5.56 Å². The van der Waals surface area contributed by atoms with Gasteiger partial charge in [0.05, 0.1) is 6.54 Å². The lowest BCUT2D eigenvalue weighted by atomic mass is 10.2. The van der Waals surface area contributed by atoms with Crippen LogP contribution in [0.5, 0.6) is 0 Å². The van der Waals surface area contributed by atoms with E-state index in [0.29, 0.717) is 21.5 Å². The molecule has 3 rings (SSSR count). The van der Waals surface area contributed by atoms with Crippen molar-refractivity contribution >= 4 is 52.7 Å². The highest BCUT2D eigenvalue weighted by molar-refractivity contribution is 6.39. The summed E-state index contributed by atoms with van der Waals surface area (Å²) < 4.78 is 5.52. The van der Waals surface area contributed by atoms with E-state index in [1.54, 1.807) is 48.5 Å². The molecule has 0 saturated heterocycles. The number of anilines is 1. The first-order chi connectivity index (χ1) is 16.3. The van der Waals surface area contributed by atoms with Crippen molar-refractivity contribution in [3.05, 3.63) is 93.4 Å². The van der Waals surface area contributed by atoms with Crippen molar-refractivity contribution in [2.24, 2.45) is 0 Å². The summed E-state index contributed by atoms with van der Waals surface area (Å²) in [6.45, 7) is 0.155. The van der Waals surface area contributed by atoms with Crippen LogP contribution < -0.4 is 16.0 Å². The number of benzene rings is 2. The lowest BCUT2D eigenvalue weighted by molar-refractivity contribution is -0.136. The summed E-state index contributed by atoms with van der Waals surface area (Å²) in [6.07, 6.45) is 1.29. The summed E-state index contributed by atoms with van der Waals surface area (Å²) in [5.74, 6) is -1.73. The van der Waals surface area contributed by atoms with Gasteiger partial charge in [0, 0.05) is 28.4 Å². The Labute approximate surface area is 205 Å². The number of carbonyl (C=O) groups is 3. The molecule has 0 spiro atoms. The fourth-order valence-corrected chi connectivity index (χ4v) is 3.06. The van der Waals surface area contributed by atoms with Gasteiger partial charge in [-0.25, -0.2) is 0 Å². The molecule has 3 N–H and O–H groups in total. The van der Waals surface area contributed by atoms with Gasteiger partial charge in [0.25, 0.3) is 5.91 Å². The largest absolute Gasteiger partial charge is 0.460 e. The van der Waals surface area contributed by atoms with Crippen LogP contribution in [-0.2, 0) is 27.5 Å². The SMILES string of the molecule is N#C/C(=C/c1ccc(CNC(=O)C(=O)Nc2cccc(Cl)c2)o1)C(=O)NCc1ccc(Cl)cc1. The standard InChI is InChI=1S/C24H18Cl2N4O4/c25-17-6-4-15(5-7-17)13-28-22(31)16(12-27)10-20-8-9-21(34-20)14-29-23(32)24(33)30-19-3-1-2-18(26)11-19/h1-11H,13-14H2,(H,28,31)(H,29,32)(H,30,33)/b16-10-. The molecule has 10 heteroatoms. The van der Waals surface area contributed by atoms with Gasteiger partial charge in [-0.15, -0.1) is 0 Å². The zero-order chi connectivity index (χ0) is 24.5. The predicted molar refractivity (Wildman–Crippen MR) is 128 cm³/mol. The monoisotopic (exact) mass is 496 g/mol. The molecule has 0 fully saturated rings. The molecule has 0 atom stereocenters. The van der Waals surface area contributed by atoms with E-state index in [1.807, 2.05) is 6.07 Å². The van der Waals surface area contributed by atoms with Crippen LogP contribution in [0.25, 0.3) is 6.08 Å². The Morgan fingerprint density at radius 2 is 1.62 bits per heavy atom. The van der Waals surface area contributed by atoms with Crippen LogP contribution in [0, 0.1) is 11.3 Å². The van der Waals surface area contributed by atoms with Gasteiger partial charge in [-0.3, -0.25) is 14.4 Å². The number of amides is 3. The van der Waals surface area contributed by atoms with E-state index in [1.165, 1.54) is 18.2 Å². The second-order valence-electron chi connectivity index (χ2n) is 6.93. The van der Waals surface area contributed by atoms with Gasteiger partial charge in [-0.1, -0.05) is 41.4 Å². The molecule has 0 unspecified atom stereocenters. The minimum Gasteiger partial charge on any atom is -0.460 e. The van der Waals surface area contributed by atoms with Crippen molar-refractivity contribution in [3.8, 4) is 6.07 Å². The summed E-state index contributed by atoms with van der Waals surface area (Å²) in [5.41, 5.74) is 1.06. The number of hydrogen-bond acceptors (Lipinski definition) is 5. The number of halogens is 2. The maximum Gasteiger partial charge on any atom is 0.313 e. The lowest BCUT2D eigenvalue weighted by Crippen LogP contribution is -2.34. The molecule has 8 nitrogen and oxygen atoms in total. The number of nitrogens with zero attached hydrogens (tertiary/aromatic N) is 1. The maximum absolute atomic E-state index is 12.3. The quantitative estimate of drug-likeness (QED) is 0.258. The van der Waals surface area contributed by atoms with Crippen molar-refractivity contribution in [1.82, 2.24) is 10.6 Å². The zero-order valence-electron chi connectivity index (χ0n) is 17.6. The van der Waals surface area contributed by atoms with E-state index in [-0.39, 0.29) is 24.4 Å². The van der Waals surface area contributed by atoms with E-state index in [4.69, 9.17) is 27.6 Å². The van der Waals surface area contributed by atoms with Crippen LogP contribution in [-0.4, -0.2) is 17.7 Å². The summed E-state index contributed by atoms with van der Waals surface area (Å²) in [6, 6.07) is 18.3. The molecular formula is C24H18Cl2N4O4. The van der Waals surface area contributed by atoms with Crippen molar-refractivity contribution in [2.45, 2.75) is 13.1 Å². The normalized spacial score (nSPS) is 10.8. The van der Waals surface area contributed by atoms with Gasteiger partial charge < -0.3 is 20.4 Å². The molecule has 0 bridgehead atoms. The zero-order valence-corrected chi connectivity index (χ0v) is 19.1. The lowest BCUT2D eigenvalue weighted by Gasteiger charge is -2.06. The van der Waals surface area contributed by atoms with Crippen LogP contribution in [0.4, 0.5) is 5.69 Å². The topological polar surface area (TPSA) is 124 Å². The van der Waals surface area contributed by atoms with Gasteiger partial charge in [0.1, 0.15) is 23.2 Å². The van der Waals surface area contributed by atoms with Crippen molar-refractivity contribution in [3.63, 3.8) is 0 Å². The second-order valence-corrected chi connectivity index (χ2v) is 7.80. The number of nitrogens with one attached hydrogen (secondary N) is 3. The molecule has 0 aliphatic heterocycles. The summed E-state index contributed by atoms with van der Waals surface area (Å²) in [5, 5.41) is 17.8. The van der Waals surface area contributed by atoms with Crippen molar-refractivity contribution in [2.75, 3.05) is 5.32 Å². The fraction of sp³-hybridized carbons (Fsp3) is 0.0833. The van der Waals surface area contributed by atoms with Crippen LogP contribution in [0.2, 0.25) is 10.0 Å². The molecule has 0 saturated carbocycles. The molecule has 34 heavy (non-hydrogen) atoms. The van der Waals surface area contributed by atoms with E-state index in [2.05, 4.69) is 16.0 Å². The van der Waals surface area contributed by atoms with Crippen molar-refractivity contribution < 1.29 is 18.8 Å². The molecule has 0 radical (unpaired) electrons. The second kappa shape index (κ2) is 11.7. The third kappa shape index (κ3) is 7.24. The summed E-state index contributed by atoms with van der Waals surface area (Å²) >= 11 is 11.7. The first-order valence-electron chi connectivity index (χ1n) is 9.92. The Balaban J connectivity index is 1.53. The summed E-state index contributed by atoms with van der Waals surface area (Å²) in [4.78, 5) is 36.3. The molecule has 3 aromatic rings. The minimum absolute atomic E-state index is 0.0692. The predicted octanol–water partition coefficient (Wildman–Crippen LogP) is 4.06. The van der Waals surface area contributed by atoms with Crippen LogP contribution in [0.3, 0.4) is 0 Å². The number of nitriles is 1. The average Bonchev–Trinajstić information content (AvgIpc) is 3.27. The highest BCUT2D eigenvalue weighted by Crippen LogP contribution is 2.15. The Morgan fingerprint density at radius 1 is 0.882 bits per heavy atom. The highest BCUT2D eigenvalue weighted by atomic mass is 35.5. The number of carbonyl (C=O) groups excluding carboxylic acids is 3. The van der Waals surface area contributed by atoms with Crippen LogP contribution >= 0.6 is 23.2 Å². The van der Waals surface area contributed by atoms with E-state index < -0.39 is 17.7 Å². The smallest absolute Gasteiger partial charge is 0.313 e. The number of hydrogen-bond donors (Lipinski definition) is 3. The highest BCUT2D eigenvalue weighted by Gasteiger charge is 2.15. The van der Waals surface area contributed by atoms with E-state index >= 15 is 0 Å². The minimum atomic E-state index is -0.868. The van der Waals surface area contributed by atoms with Gasteiger partial charge in [0.15, 0.2) is 0 Å². The Kier molecular flexibility index (Phi) is 8.46. The maximum atomic E-state index is 12.3. The molecule has 0 aliphatic rings. The molecule has 0 aliphatic carbocycles. The fourth-order valence-electron chi connectivity index (χ4n) is 2.74. The molecule has 3 amide bonds. The van der Waals surface area contributed by atoms with Gasteiger partial charge >= 0.3 is 11.8 Å². The first-order valence-corrected chi connectivity index (χ1v) is 10.7. The Hall–Kier alpha value is -4.06. The van der Waals surface area contributed by atoms with E-state index in [9.17, 15) is 19.6 Å². The Morgan fingerprint density at radius 3 is 2.32 bits per heavy atom. The molecule has 1 aromatic heterocycles. The Bertz CT molecular complexity index is 1280. The van der Waals surface area contributed by atoms with Crippen molar-refractivity contribution in [1.29, 1.82) is 5.26 Å². The third-order valence-electron chi connectivity index (χ3n) is 4.41. The van der Waals surface area contributed by atoms with Crippen LogP contribution in [0.15, 0.2) is 70.7 Å². The molecular weight excluding hydrogens is 479 g/mol. The van der Waals surface area contributed by atoms with Gasteiger partial charge in [-0.2, -0.15) is 5.26 Å². The van der Waals surface area contributed by atoms with Gasteiger partial charge in [-0.05, 0) is 48.0 Å². The molecule has 2 aromatic carbocycles. The molecule has 1 heterocycles. The number of rotatable bonds is 7. The van der Waals surface area contributed by atoms with Crippen LogP contribution in [0.1, 0.15) is 17.1 Å². The first kappa shape index (κ1) is 24.6. The third-order valence-corrected chi connectivity index (χ3v) is 4.90. The molecule has 172 valence electrons. The number of furan rings is 1. The van der Waals surface area contributed by atoms with Gasteiger partial charge in [0.2, 0.25) is 0 Å². The summed E-state index contributed by atoms with van der Waals surface area (Å²) in [7, 11) is 0.